The van der Waals surface area contributed by atoms with E-state index in [9.17, 15) is 4.39 Å². The molecule has 0 aliphatic rings. The Hall–Kier alpha value is -4.00. The van der Waals surface area contributed by atoms with Crippen LogP contribution >= 0.6 is 0 Å². The number of benzene rings is 3. The maximum atomic E-state index is 13.5. The Morgan fingerprint density at radius 3 is 2.27 bits per heavy atom. The second-order valence-corrected chi connectivity index (χ2v) is 9.03. The molecule has 2 heterocycles. The molecule has 6 nitrogen and oxygen atoms in total. The molecule has 0 amide bonds. The van der Waals surface area contributed by atoms with Crippen LogP contribution in [0.3, 0.4) is 0 Å². The maximum absolute atomic E-state index is 13.5. The number of imidazole rings is 1. The predicted octanol–water partition coefficient (Wildman–Crippen LogP) is 6.23. The quantitative estimate of drug-likeness (QED) is 0.360. The molecule has 0 aliphatic heterocycles. The second-order valence-electron chi connectivity index (χ2n) is 9.03. The normalized spacial score (nSPS) is 11.8. The first-order valence-corrected chi connectivity index (χ1v) is 10.8. The third-order valence-electron chi connectivity index (χ3n) is 5.48. The molecule has 0 radical (unpaired) electrons. The zero-order chi connectivity index (χ0) is 23.2. The number of halogens is 1. The van der Waals surface area contributed by atoms with E-state index in [-0.39, 0.29) is 11.4 Å². The summed E-state index contributed by atoms with van der Waals surface area (Å²) in [5, 5.41) is 7.86. The minimum Gasteiger partial charge on any atom is -0.354 e. The van der Waals surface area contributed by atoms with Gasteiger partial charge in [-0.1, -0.05) is 6.07 Å². The monoisotopic (exact) mass is 440 g/mol. The molecule has 3 aromatic carbocycles. The Balaban J connectivity index is 1.56. The molecular weight excluding hydrogens is 415 g/mol. The molecule has 2 aromatic heterocycles. The van der Waals surface area contributed by atoms with Crippen LogP contribution in [0, 0.1) is 12.7 Å². The zero-order valence-corrected chi connectivity index (χ0v) is 19.0. The fourth-order valence-corrected chi connectivity index (χ4v) is 3.99. The van der Waals surface area contributed by atoms with Crippen LogP contribution < -0.4 is 5.32 Å². The standard InChI is InChI=1S/C26H25FN6/c1-17-28-16-32(31-17)21-14-12-20(13-15-21)29-22-6-5-7-23-24(22)30-25(33(23)26(2,3)4)18-8-10-19(27)11-9-18/h5-16,29H,1-4H3. The van der Waals surface area contributed by atoms with E-state index in [2.05, 4.69) is 46.8 Å². The Bertz CT molecular complexity index is 1420. The number of aryl methyl sites for hydroxylation is 1. The van der Waals surface area contributed by atoms with Gasteiger partial charge in [-0.05, 0) is 88.4 Å². The van der Waals surface area contributed by atoms with Gasteiger partial charge in [0.25, 0.3) is 0 Å². The van der Waals surface area contributed by atoms with Crippen LogP contribution in [0.15, 0.2) is 73.1 Å². The number of anilines is 2. The van der Waals surface area contributed by atoms with E-state index < -0.39 is 0 Å². The van der Waals surface area contributed by atoms with Crippen molar-refractivity contribution in [3.05, 3.63) is 84.7 Å². The van der Waals surface area contributed by atoms with Gasteiger partial charge in [-0.2, -0.15) is 5.10 Å². The minimum absolute atomic E-state index is 0.214. The highest BCUT2D eigenvalue weighted by atomic mass is 19.1. The van der Waals surface area contributed by atoms with Crippen molar-refractivity contribution in [2.45, 2.75) is 33.2 Å². The smallest absolute Gasteiger partial charge is 0.147 e. The van der Waals surface area contributed by atoms with Crippen molar-refractivity contribution >= 4 is 22.4 Å². The van der Waals surface area contributed by atoms with Gasteiger partial charge in [-0.3, -0.25) is 0 Å². The summed E-state index contributed by atoms with van der Waals surface area (Å²) in [5.74, 6) is 1.28. The Labute approximate surface area is 191 Å². The summed E-state index contributed by atoms with van der Waals surface area (Å²) in [4.78, 5) is 9.18. The van der Waals surface area contributed by atoms with Crippen LogP contribution in [-0.2, 0) is 5.54 Å². The van der Waals surface area contributed by atoms with Crippen LogP contribution in [0.1, 0.15) is 26.6 Å². The van der Waals surface area contributed by atoms with Gasteiger partial charge in [0.1, 0.15) is 29.3 Å². The molecule has 0 atom stereocenters. The van der Waals surface area contributed by atoms with E-state index in [1.54, 1.807) is 23.1 Å². The lowest BCUT2D eigenvalue weighted by molar-refractivity contribution is 0.413. The highest BCUT2D eigenvalue weighted by molar-refractivity contribution is 5.93. The molecule has 1 N–H and O–H groups in total. The minimum atomic E-state index is -0.260. The van der Waals surface area contributed by atoms with E-state index in [0.29, 0.717) is 0 Å². The first kappa shape index (κ1) is 20.9. The molecule has 7 heteroatoms. The lowest BCUT2D eigenvalue weighted by Crippen LogP contribution is -2.22. The predicted molar refractivity (Wildman–Crippen MR) is 130 cm³/mol. The molecule has 33 heavy (non-hydrogen) atoms. The SMILES string of the molecule is Cc1ncn(-c2ccc(Nc3cccc4c3nc(-c3ccc(F)cc3)n4C(C)(C)C)cc2)n1. The summed E-state index contributed by atoms with van der Waals surface area (Å²) < 4.78 is 17.5. The molecule has 0 spiro atoms. The Kier molecular flexibility index (Phi) is 4.96. The van der Waals surface area contributed by atoms with Crippen molar-refractivity contribution in [1.82, 2.24) is 24.3 Å². The summed E-state index contributed by atoms with van der Waals surface area (Å²) in [6, 6.07) is 20.6. The van der Waals surface area contributed by atoms with Crippen LogP contribution in [-0.4, -0.2) is 24.3 Å². The van der Waals surface area contributed by atoms with E-state index in [0.717, 1.165) is 45.3 Å². The molecule has 0 bridgehead atoms. The van der Waals surface area contributed by atoms with Gasteiger partial charge < -0.3 is 9.88 Å². The first-order valence-electron chi connectivity index (χ1n) is 10.8. The van der Waals surface area contributed by atoms with E-state index in [1.807, 2.05) is 43.3 Å². The van der Waals surface area contributed by atoms with Gasteiger partial charge in [0, 0.05) is 16.8 Å². The Morgan fingerprint density at radius 2 is 1.64 bits per heavy atom. The maximum Gasteiger partial charge on any atom is 0.147 e. The van der Waals surface area contributed by atoms with Crippen molar-refractivity contribution < 1.29 is 4.39 Å². The average Bonchev–Trinajstić information content (AvgIpc) is 3.39. The summed E-state index contributed by atoms with van der Waals surface area (Å²) in [7, 11) is 0. The highest BCUT2D eigenvalue weighted by Gasteiger charge is 2.23. The lowest BCUT2D eigenvalue weighted by Gasteiger charge is -2.25. The number of nitrogens with zero attached hydrogens (tertiary/aromatic N) is 5. The molecule has 0 aliphatic carbocycles. The average molecular weight is 441 g/mol. The first-order chi connectivity index (χ1) is 15.8. The molecule has 166 valence electrons. The molecule has 0 saturated carbocycles. The largest absolute Gasteiger partial charge is 0.354 e. The molecule has 0 unspecified atom stereocenters. The number of nitrogens with one attached hydrogen (secondary N) is 1. The fraction of sp³-hybridized carbons (Fsp3) is 0.192. The second kappa shape index (κ2) is 7.85. The van der Waals surface area contributed by atoms with Crippen molar-refractivity contribution in [2.75, 3.05) is 5.32 Å². The molecule has 5 aromatic rings. The zero-order valence-electron chi connectivity index (χ0n) is 19.0. The number of para-hydroxylation sites is 1. The number of rotatable bonds is 4. The van der Waals surface area contributed by atoms with Crippen LogP contribution in [0.5, 0.6) is 0 Å². The molecule has 0 fully saturated rings. The summed E-state index contributed by atoms with van der Waals surface area (Å²) in [5.41, 5.74) is 5.33. The topological polar surface area (TPSA) is 60.6 Å². The highest BCUT2D eigenvalue weighted by Crippen LogP contribution is 2.35. The number of aromatic nitrogens is 5. The molecule has 0 saturated heterocycles. The van der Waals surface area contributed by atoms with Crippen molar-refractivity contribution in [2.24, 2.45) is 0 Å². The van der Waals surface area contributed by atoms with Crippen molar-refractivity contribution in [1.29, 1.82) is 0 Å². The van der Waals surface area contributed by atoms with Crippen molar-refractivity contribution in [3.8, 4) is 17.1 Å². The van der Waals surface area contributed by atoms with Gasteiger partial charge in [-0.25, -0.2) is 19.0 Å². The molecular formula is C26H25FN6. The van der Waals surface area contributed by atoms with E-state index in [4.69, 9.17) is 4.98 Å². The van der Waals surface area contributed by atoms with Crippen LogP contribution in [0.25, 0.3) is 28.1 Å². The molecule has 5 rings (SSSR count). The van der Waals surface area contributed by atoms with Gasteiger partial charge in [-0.15, -0.1) is 0 Å². The van der Waals surface area contributed by atoms with E-state index in [1.165, 1.54) is 12.1 Å². The fourth-order valence-electron chi connectivity index (χ4n) is 3.99. The van der Waals surface area contributed by atoms with Gasteiger partial charge >= 0.3 is 0 Å². The number of hydrogen-bond donors (Lipinski definition) is 1. The number of fused-ring (bicyclic) bond motifs is 1. The van der Waals surface area contributed by atoms with Crippen LogP contribution in [0.4, 0.5) is 15.8 Å². The summed E-state index contributed by atoms with van der Waals surface area (Å²) >= 11 is 0. The third-order valence-corrected chi connectivity index (χ3v) is 5.48. The third kappa shape index (κ3) is 3.98. The lowest BCUT2D eigenvalue weighted by atomic mass is 10.1. The Morgan fingerprint density at radius 1 is 0.909 bits per heavy atom. The van der Waals surface area contributed by atoms with Crippen LogP contribution in [0.2, 0.25) is 0 Å². The summed E-state index contributed by atoms with van der Waals surface area (Å²) in [6.45, 7) is 8.30. The van der Waals surface area contributed by atoms with Crippen molar-refractivity contribution in [3.63, 3.8) is 0 Å². The van der Waals surface area contributed by atoms with E-state index >= 15 is 0 Å². The number of hydrogen-bond acceptors (Lipinski definition) is 4. The van der Waals surface area contributed by atoms with Gasteiger partial charge in [0.2, 0.25) is 0 Å². The summed E-state index contributed by atoms with van der Waals surface area (Å²) in [6.07, 6.45) is 1.70. The van der Waals surface area contributed by atoms with Gasteiger partial charge in [0.15, 0.2) is 0 Å². The van der Waals surface area contributed by atoms with Gasteiger partial charge in [0.05, 0.1) is 16.9 Å².